The molecule has 0 bridgehead atoms. The van der Waals surface area contributed by atoms with Crippen LogP contribution in [0.25, 0.3) is 0 Å². The minimum atomic E-state index is -0.330. The maximum absolute atomic E-state index is 11.8. The van der Waals surface area contributed by atoms with E-state index in [9.17, 15) is 4.79 Å². The Morgan fingerprint density at radius 2 is 1.95 bits per heavy atom. The molecular formula is C14H12BrClN2O. The molecule has 0 unspecified atom stereocenters. The van der Waals surface area contributed by atoms with Crippen LogP contribution < -0.4 is 10.6 Å². The van der Waals surface area contributed by atoms with E-state index < -0.39 is 0 Å². The molecule has 2 aromatic rings. The number of benzene rings is 2. The third-order valence-corrected chi connectivity index (χ3v) is 3.26. The van der Waals surface area contributed by atoms with Crippen LogP contribution in [-0.4, -0.2) is 6.03 Å². The zero-order chi connectivity index (χ0) is 13.8. The van der Waals surface area contributed by atoms with E-state index in [0.29, 0.717) is 16.4 Å². The van der Waals surface area contributed by atoms with Crippen molar-refractivity contribution in [3.63, 3.8) is 0 Å². The van der Waals surface area contributed by atoms with Crippen molar-refractivity contribution >= 4 is 44.9 Å². The smallest absolute Gasteiger partial charge is 0.308 e. The number of carbonyl (C=O) groups excluding carboxylic acids is 1. The van der Waals surface area contributed by atoms with Gasteiger partial charge in [0.15, 0.2) is 0 Å². The number of aryl methyl sites for hydroxylation is 1. The Balaban J connectivity index is 2.05. The molecule has 2 amide bonds. The summed E-state index contributed by atoms with van der Waals surface area (Å²) >= 11 is 9.40. The quantitative estimate of drug-likeness (QED) is 0.789. The van der Waals surface area contributed by atoms with Crippen LogP contribution in [0.2, 0.25) is 5.02 Å². The number of halogens is 2. The lowest BCUT2D eigenvalue weighted by atomic mass is 10.2. The number of hydrogen-bond donors (Lipinski definition) is 2. The summed E-state index contributed by atoms with van der Waals surface area (Å²) in [6.07, 6.45) is 0. The first-order valence-electron chi connectivity index (χ1n) is 5.64. The van der Waals surface area contributed by atoms with Gasteiger partial charge in [0.1, 0.15) is 0 Å². The third kappa shape index (κ3) is 3.98. The first kappa shape index (κ1) is 13.9. The lowest BCUT2D eigenvalue weighted by molar-refractivity contribution is 0.262. The van der Waals surface area contributed by atoms with Crippen LogP contribution in [0, 0.1) is 6.92 Å². The van der Waals surface area contributed by atoms with Crippen LogP contribution in [0.4, 0.5) is 16.2 Å². The topological polar surface area (TPSA) is 41.1 Å². The predicted octanol–water partition coefficient (Wildman–Crippen LogP) is 5.05. The van der Waals surface area contributed by atoms with E-state index >= 15 is 0 Å². The Morgan fingerprint density at radius 3 is 2.63 bits per heavy atom. The zero-order valence-corrected chi connectivity index (χ0v) is 12.5. The summed E-state index contributed by atoms with van der Waals surface area (Å²) in [4.78, 5) is 11.8. The second-order valence-corrected chi connectivity index (χ2v) is 5.40. The number of anilines is 2. The largest absolute Gasteiger partial charge is 0.323 e. The molecule has 0 aliphatic heterocycles. The van der Waals surface area contributed by atoms with E-state index in [1.807, 2.05) is 31.2 Å². The minimum Gasteiger partial charge on any atom is -0.308 e. The van der Waals surface area contributed by atoms with Gasteiger partial charge in [-0.05, 0) is 42.8 Å². The normalized spacial score (nSPS) is 10.1. The van der Waals surface area contributed by atoms with Crippen molar-refractivity contribution in [2.45, 2.75) is 6.92 Å². The highest BCUT2D eigenvalue weighted by molar-refractivity contribution is 9.10. The number of amides is 2. The Morgan fingerprint density at radius 1 is 1.16 bits per heavy atom. The molecule has 98 valence electrons. The van der Waals surface area contributed by atoms with Gasteiger partial charge >= 0.3 is 6.03 Å². The van der Waals surface area contributed by atoms with Gasteiger partial charge in [-0.3, -0.25) is 0 Å². The molecule has 0 aromatic heterocycles. The number of rotatable bonds is 2. The van der Waals surface area contributed by atoms with E-state index in [1.165, 1.54) is 0 Å². The fraction of sp³-hybridized carbons (Fsp3) is 0.0714. The van der Waals surface area contributed by atoms with E-state index in [1.54, 1.807) is 18.2 Å². The number of nitrogens with one attached hydrogen (secondary N) is 2. The molecule has 0 radical (unpaired) electrons. The summed E-state index contributed by atoms with van der Waals surface area (Å²) in [7, 11) is 0. The summed E-state index contributed by atoms with van der Waals surface area (Å²) in [6, 6.07) is 12.5. The first-order chi connectivity index (χ1) is 9.04. The van der Waals surface area contributed by atoms with Crippen molar-refractivity contribution < 1.29 is 4.79 Å². The van der Waals surface area contributed by atoms with Crippen molar-refractivity contribution in [2.24, 2.45) is 0 Å². The summed E-state index contributed by atoms with van der Waals surface area (Å²) in [5.41, 5.74) is 2.33. The number of hydrogen-bond acceptors (Lipinski definition) is 1. The Labute approximate surface area is 125 Å². The molecule has 0 aliphatic rings. The second-order valence-electron chi connectivity index (χ2n) is 4.07. The van der Waals surface area contributed by atoms with Crippen LogP contribution in [0.5, 0.6) is 0 Å². The summed E-state index contributed by atoms with van der Waals surface area (Å²) in [6.45, 7) is 1.94. The molecule has 0 aliphatic carbocycles. The van der Waals surface area contributed by atoms with Gasteiger partial charge in [0, 0.05) is 10.2 Å². The highest BCUT2D eigenvalue weighted by Crippen LogP contribution is 2.23. The fourth-order valence-electron chi connectivity index (χ4n) is 1.57. The Hall–Kier alpha value is -1.52. The summed E-state index contributed by atoms with van der Waals surface area (Å²) in [5.74, 6) is 0. The average Bonchev–Trinajstić information content (AvgIpc) is 2.33. The van der Waals surface area contributed by atoms with Gasteiger partial charge in [0.2, 0.25) is 0 Å². The molecule has 3 nitrogen and oxygen atoms in total. The van der Waals surface area contributed by atoms with Crippen LogP contribution in [0.1, 0.15) is 5.56 Å². The van der Waals surface area contributed by atoms with Crippen LogP contribution in [-0.2, 0) is 0 Å². The highest BCUT2D eigenvalue weighted by atomic mass is 79.9. The molecule has 0 saturated carbocycles. The van der Waals surface area contributed by atoms with Crippen LogP contribution in [0.15, 0.2) is 46.9 Å². The first-order valence-corrected chi connectivity index (χ1v) is 6.81. The van der Waals surface area contributed by atoms with Gasteiger partial charge in [-0.25, -0.2) is 4.79 Å². The second kappa shape index (κ2) is 6.08. The van der Waals surface area contributed by atoms with E-state index in [4.69, 9.17) is 11.6 Å². The molecule has 0 spiro atoms. The molecular weight excluding hydrogens is 328 g/mol. The van der Waals surface area contributed by atoms with Crippen molar-refractivity contribution in [2.75, 3.05) is 10.6 Å². The van der Waals surface area contributed by atoms with Gasteiger partial charge in [-0.1, -0.05) is 39.7 Å². The summed E-state index contributed by atoms with van der Waals surface area (Å²) < 4.78 is 0.902. The van der Waals surface area contributed by atoms with Gasteiger partial charge in [-0.2, -0.15) is 0 Å². The number of carbonyl (C=O) groups is 1. The lowest BCUT2D eigenvalue weighted by Gasteiger charge is -2.09. The third-order valence-electron chi connectivity index (χ3n) is 2.46. The van der Waals surface area contributed by atoms with E-state index in [0.717, 1.165) is 10.0 Å². The summed E-state index contributed by atoms with van der Waals surface area (Å²) in [5, 5.41) is 5.96. The molecule has 0 saturated heterocycles. The van der Waals surface area contributed by atoms with Gasteiger partial charge in [0.05, 0.1) is 10.7 Å². The van der Waals surface area contributed by atoms with Crippen molar-refractivity contribution in [3.05, 3.63) is 57.5 Å². The maximum atomic E-state index is 11.8. The molecule has 0 heterocycles. The highest BCUT2D eigenvalue weighted by Gasteiger charge is 2.06. The van der Waals surface area contributed by atoms with Crippen molar-refractivity contribution in [1.82, 2.24) is 0 Å². The van der Waals surface area contributed by atoms with Crippen LogP contribution >= 0.6 is 27.5 Å². The van der Waals surface area contributed by atoms with Crippen molar-refractivity contribution in [3.8, 4) is 0 Å². The minimum absolute atomic E-state index is 0.330. The predicted molar refractivity (Wildman–Crippen MR) is 83.0 cm³/mol. The molecule has 2 rings (SSSR count). The standard InChI is InChI=1S/C14H12BrClN2O/c1-9-5-6-13(12(16)7-9)18-14(19)17-11-4-2-3-10(15)8-11/h2-8H,1H3,(H2,17,18,19). The van der Waals surface area contributed by atoms with Crippen LogP contribution in [0.3, 0.4) is 0 Å². The Kier molecular flexibility index (Phi) is 4.45. The molecule has 19 heavy (non-hydrogen) atoms. The monoisotopic (exact) mass is 338 g/mol. The molecule has 0 atom stereocenters. The lowest BCUT2D eigenvalue weighted by Crippen LogP contribution is -2.19. The SMILES string of the molecule is Cc1ccc(NC(=O)Nc2cccc(Br)c2)c(Cl)c1. The fourth-order valence-corrected chi connectivity index (χ4v) is 2.25. The molecule has 2 N–H and O–H groups in total. The van der Waals surface area contributed by atoms with Gasteiger partial charge < -0.3 is 10.6 Å². The zero-order valence-electron chi connectivity index (χ0n) is 10.2. The maximum Gasteiger partial charge on any atom is 0.323 e. The average molecular weight is 340 g/mol. The van der Waals surface area contributed by atoms with Gasteiger partial charge in [-0.15, -0.1) is 0 Å². The molecule has 5 heteroatoms. The van der Waals surface area contributed by atoms with E-state index in [2.05, 4.69) is 26.6 Å². The number of urea groups is 1. The molecule has 0 fully saturated rings. The Bertz CT molecular complexity index is 616. The van der Waals surface area contributed by atoms with Crippen molar-refractivity contribution in [1.29, 1.82) is 0 Å². The molecule has 2 aromatic carbocycles. The van der Waals surface area contributed by atoms with E-state index in [-0.39, 0.29) is 6.03 Å². The van der Waals surface area contributed by atoms with Gasteiger partial charge in [0.25, 0.3) is 0 Å².